The molecule has 0 atom stereocenters. The molecule has 0 spiro atoms. The Labute approximate surface area is 214 Å². The maximum atomic E-state index is 14.5. The minimum absolute atomic E-state index is 0.0562. The van der Waals surface area contributed by atoms with E-state index in [1.165, 1.54) is 10.6 Å². The molecule has 1 aromatic carbocycles. The molecule has 15 heteroatoms. The van der Waals surface area contributed by atoms with Crippen LogP contribution in [0.5, 0.6) is 5.75 Å². The molecule has 0 amide bonds. The van der Waals surface area contributed by atoms with Gasteiger partial charge in [0.1, 0.15) is 5.82 Å². The lowest BCUT2D eigenvalue weighted by molar-refractivity contribution is -0.140. The Morgan fingerprint density at radius 2 is 1.64 bits per heavy atom. The smallest absolute Gasteiger partial charge is 0.425 e. The molecule has 0 saturated heterocycles. The number of pyridine rings is 1. The number of aromatic hydroxyl groups is 1. The molecule has 0 aliphatic rings. The fourth-order valence-electron chi connectivity index (χ4n) is 3.46. The molecule has 208 valence electrons. The van der Waals surface area contributed by atoms with Gasteiger partial charge in [0, 0.05) is 25.1 Å². The monoisotopic (exact) mass is 559 g/mol. The number of unbranched alkanes of at least 4 members (excludes halogenated alkanes) is 2. The van der Waals surface area contributed by atoms with Crippen molar-refractivity contribution >= 4 is 10.8 Å². The third-order valence-corrected chi connectivity index (χ3v) is 5.41. The van der Waals surface area contributed by atoms with Crippen LogP contribution in [0.1, 0.15) is 37.3 Å². The van der Waals surface area contributed by atoms with Crippen LogP contribution >= 0.6 is 0 Å². The molecule has 0 fully saturated rings. The normalized spacial score (nSPS) is 11.8. The topological polar surface area (TPSA) is 114 Å². The van der Waals surface area contributed by atoms with Crippen LogP contribution in [-0.2, 0) is 18.9 Å². The van der Waals surface area contributed by atoms with Gasteiger partial charge >= 0.3 is 12.4 Å². The third-order valence-electron chi connectivity index (χ3n) is 5.41. The van der Waals surface area contributed by atoms with Crippen LogP contribution in [-0.4, -0.2) is 29.8 Å². The molecule has 4 rings (SSSR count). The van der Waals surface area contributed by atoms with Crippen molar-refractivity contribution in [2.24, 2.45) is 0 Å². The zero-order valence-electron chi connectivity index (χ0n) is 20.1. The third kappa shape index (κ3) is 6.97. The molecule has 3 aromatic heterocycles. The lowest BCUT2D eigenvalue weighted by Crippen LogP contribution is -2.22. The van der Waals surface area contributed by atoms with Gasteiger partial charge in [0.05, 0.1) is 22.7 Å². The number of hydrogen-bond donors (Lipinski definition) is 2. The van der Waals surface area contributed by atoms with Gasteiger partial charge in [-0.3, -0.25) is 9.59 Å². The van der Waals surface area contributed by atoms with Gasteiger partial charge < -0.3 is 9.67 Å². The van der Waals surface area contributed by atoms with Gasteiger partial charge in [0.25, 0.3) is 11.1 Å². The van der Waals surface area contributed by atoms with Crippen LogP contribution < -0.4 is 11.1 Å². The Morgan fingerprint density at radius 3 is 2.18 bits per heavy atom. The summed E-state index contributed by atoms with van der Waals surface area (Å²) < 4.78 is 89.6. The predicted molar refractivity (Wildman–Crippen MR) is 125 cm³/mol. The van der Waals surface area contributed by atoms with Crippen molar-refractivity contribution in [1.82, 2.24) is 24.7 Å². The lowest BCUT2D eigenvalue weighted by Gasteiger charge is -2.10. The minimum Gasteiger partial charge on any atom is -0.505 e. The predicted octanol–water partition coefficient (Wildman–Crippen LogP) is 5.30. The molecule has 0 aliphatic heterocycles. The average molecular weight is 559 g/mol. The Kier molecular flexibility index (Phi) is 8.71. The summed E-state index contributed by atoms with van der Waals surface area (Å²) in [5.74, 6) is -2.11. The van der Waals surface area contributed by atoms with Gasteiger partial charge in [-0.05, 0) is 30.0 Å². The summed E-state index contributed by atoms with van der Waals surface area (Å²) in [6.07, 6.45) is -3.20. The number of hydrogen-bond acceptors (Lipinski definition) is 6. The van der Waals surface area contributed by atoms with E-state index in [9.17, 15) is 40.3 Å². The molecule has 39 heavy (non-hydrogen) atoms. The van der Waals surface area contributed by atoms with E-state index < -0.39 is 40.6 Å². The Bertz CT molecular complexity index is 1560. The zero-order valence-corrected chi connectivity index (χ0v) is 20.1. The lowest BCUT2D eigenvalue weighted by atomic mass is 10.1. The number of aromatic amines is 1. The fourth-order valence-corrected chi connectivity index (χ4v) is 3.46. The molecular formula is C24H20F7N5O3. The number of rotatable bonds is 5. The van der Waals surface area contributed by atoms with Crippen LogP contribution in [0.4, 0.5) is 30.7 Å². The second kappa shape index (κ2) is 11.6. The van der Waals surface area contributed by atoms with Crippen molar-refractivity contribution in [1.29, 1.82) is 0 Å². The number of nitrogens with zero attached hydrogens (tertiary/aromatic N) is 4. The van der Waals surface area contributed by atoms with Gasteiger partial charge in [-0.2, -0.15) is 31.4 Å². The van der Waals surface area contributed by atoms with E-state index in [1.54, 1.807) is 17.4 Å². The number of H-pyrrole nitrogens is 1. The summed E-state index contributed by atoms with van der Waals surface area (Å²) >= 11 is 0. The van der Waals surface area contributed by atoms with Crippen LogP contribution in [0.3, 0.4) is 0 Å². The minimum atomic E-state index is -4.86. The molecule has 0 saturated carbocycles. The molecule has 8 nitrogen and oxygen atoms in total. The maximum absolute atomic E-state index is 14.5. The highest BCUT2D eigenvalue weighted by Crippen LogP contribution is 2.32. The highest BCUT2D eigenvalue weighted by atomic mass is 19.4. The van der Waals surface area contributed by atoms with Crippen molar-refractivity contribution in [2.75, 3.05) is 0 Å². The number of aromatic nitrogens is 5. The first-order chi connectivity index (χ1) is 18.2. The Balaban J connectivity index is 0.000000293. The van der Waals surface area contributed by atoms with Gasteiger partial charge in [0.15, 0.2) is 17.1 Å². The molecule has 0 aliphatic carbocycles. The van der Waals surface area contributed by atoms with Crippen molar-refractivity contribution in [3.63, 3.8) is 0 Å². The summed E-state index contributed by atoms with van der Waals surface area (Å²) in [7, 11) is 0. The largest absolute Gasteiger partial charge is 0.505 e. The highest BCUT2D eigenvalue weighted by molar-refractivity contribution is 5.85. The van der Waals surface area contributed by atoms with Gasteiger partial charge in [-0.25, -0.2) is 19.5 Å². The first-order valence-electron chi connectivity index (χ1n) is 11.3. The van der Waals surface area contributed by atoms with E-state index in [4.69, 9.17) is 5.11 Å². The molecule has 3 heterocycles. The van der Waals surface area contributed by atoms with Crippen molar-refractivity contribution in [3.8, 4) is 17.1 Å². The van der Waals surface area contributed by atoms with E-state index in [0.717, 1.165) is 25.3 Å². The van der Waals surface area contributed by atoms with Gasteiger partial charge in [0.2, 0.25) is 0 Å². The summed E-state index contributed by atoms with van der Waals surface area (Å²) in [6, 6.07) is 4.14. The van der Waals surface area contributed by atoms with Crippen molar-refractivity contribution < 1.29 is 35.8 Å². The number of nitrogens with one attached hydrogen (secondary N) is 1. The Morgan fingerprint density at radius 1 is 0.974 bits per heavy atom. The van der Waals surface area contributed by atoms with Crippen LogP contribution in [0.15, 0.2) is 52.6 Å². The molecule has 0 unspecified atom stereocenters. The number of halogens is 7. The fraction of sp³-hybridized carbons (Fsp3) is 0.292. The van der Waals surface area contributed by atoms with E-state index in [-0.39, 0.29) is 22.3 Å². The number of aryl methyl sites for hydroxylation is 1. The number of benzene rings is 1. The van der Waals surface area contributed by atoms with Crippen LogP contribution in [0.25, 0.3) is 22.2 Å². The summed E-state index contributed by atoms with van der Waals surface area (Å²) in [6.45, 7) is 2.61. The molecule has 2 N–H and O–H groups in total. The summed E-state index contributed by atoms with van der Waals surface area (Å²) in [5.41, 5.74) is -4.45. The van der Waals surface area contributed by atoms with Crippen LogP contribution in [0, 0.1) is 5.82 Å². The highest BCUT2D eigenvalue weighted by Gasteiger charge is 2.37. The summed E-state index contributed by atoms with van der Waals surface area (Å²) in [5, 5.41) is 13.8. The van der Waals surface area contributed by atoms with Crippen LogP contribution in [0.2, 0.25) is 0 Å². The van der Waals surface area contributed by atoms with E-state index >= 15 is 0 Å². The van der Waals surface area contributed by atoms with E-state index in [1.807, 2.05) is 0 Å². The van der Waals surface area contributed by atoms with Gasteiger partial charge in [-0.15, -0.1) is 0 Å². The van der Waals surface area contributed by atoms with E-state index in [2.05, 4.69) is 22.0 Å². The van der Waals surface area contributed by atoms with E-state index in [0.29, 0.717) is 30.5 Å². The number of fused-ring (bicyclic) bond motifs is 1. The second-order valence-corrected chi connectivity index (χ2v) is 8.19. The van der Waals surface area contributed by atoms with Crippen molar-refractivity contribution in [3.05, 3.63) is 80.6 Å². The number of alkyl halides is 6. The Hall–Kier alpha value is -4.30. The molecule has 0 bridgehead atoms. The molecule has 0 radical (unpaired) electrons. The second-order valence-electron chi connectivity index (χ2n) is 8.19. The first kappa shape index (κ1) is 29.3. The molecular weight excluding hydrogens is 539 g/mol. The maximum Gasteiger partial charge on any atom is 0.425 e. The summed E-state index contributed by atoms with van der Waals surface area (Å²) in [4.78, 5) is 30.2. The zero-order chi connectivity index (χ0) is 29.0. The standard InChI is InChI=1S/C19H17F4N3O.C5H3F3N2O2/c1-2-3-4-6-26-7-5-12-8-15(16(20)9-14(12)18(26)27)17-24-10-13(11-25-17)19(21,22)23;6-5(7,8)3-2(11)1-9-10-4(3)12/h5,7-11H,2-4,6H2,1H3;1H,(H2,10,11,12). The first-order valence-corrected chi connectivity index (χ1v) is 11.3. The quantitative estimate of drug-likeness (QED) is 0.254. The molecule has 4 aromatic rings. The van der Waals surface area contributed by atoms with Crippen molar-refractivity contribution in [2.45, 2.75) is 45.1 Å². The average Bonchev–Trinajstić information content (AvgIpc) is 2.85. The SMILES string of the molecule is CCCCCn1ccc2cc(-c3ncc(C(F)(F)F)cn3)c(F)cc2c1=O.O=c1[nH]ncc(O)c1C(F)(F)F. The van der Waals surface area contributed by atoms with Gasteiger partial charge in [-0.1, -0.05) is 19.8 Å².